The molecule has 1 aromatic heterocycles. The van der Waals surface area contributed by atoms with Gasteiger partial charge in [-0.05, 0) is 17.7 Å². The molecule has 27 heavy (non-hydrogen) atoms. The van der Waals surface area contributed by atoms with E-state index in [1.165, 1.54) is 0 Å². The predicted octanol–water partition coefficient (Wildman–Crippen LogP) is 1.44. The van der Waals surface area contributed by atoms with E-state index in [9.17, 15) is 14.4 Å². The maximum Gasteiger partial charge on any atom is 0.328 e. The first kappa shape index (κ1) is 19.6. The van der Waals surface area contributed by atoms with Gasteiger partial charge in [0.15, 0.2) is 0 Å². The molecule has 1 aliphatic heterocycles. The second-order valence-corrected chi connectivity index (χ2v) is 5.66. The number of carbonyl (C=O) groups is 3. The average molecular weight is 370 g/mol. The fourth-order valence-electron chi connectivity index (χ4n) is 2.36. The van der Waals surface area contributed by atoms with Crippen LogP contribution in [0.5, 0.6) is 0 Å². The fraction of sp³-hybridized carbons (Fsp3) is 0.167. The highest BCUT2D eigenvalue weighted by atomic mass is 16.4. The molecule has 0 saturated carbocycles. The van der Waals surface area contributed by atoms with Crippen LogP contribution < -0.4 is 5.43 Å². The molecule has 9 nitrogen and oxygen atoms in total. The smallest absolute Gasteiger partial charge is 0.328 e. The Kier molecular flexibility index (Phi) is 6.59. The van der Waals surface area contributed by atoms with Crippen molar-refractivity contribution in [3.8, 4) is 5.69 Å². The number of carboxylic acids is 2. The van der Waals surface area contributed by atoms with Crippen molar-refractivity contribution in [1.29, 1.82) is 0 Å². The number of imidazole rings is 1. The Morgan fingerprint density at radius 1 is 1.19 bits per heavy atom. The summed E-state index contributed by atoms with van der Waals surface area (Å²) in [4.78, 5) is 34.4. The maximum atomic E-state index is 11.2. The minimum Gasteiger partial charge on any atom is -0.478 e. The Hall–Kier alpha value is -3.75. The molecule has 0 radical (unpaired) electrons. The third-order valence-corrected chi connectivity index (χ3v) is 3.59. The van der Waals surface area contributed by atoms with E-state index in [0.717, 1.165) is 17.0 Å². The summed E-state index contributed by atoms with van der Waals surface area (Å²) in [7, 11) is 0. The zero-order valence-corrected chi connectivity index (χ0v) is 14.4. The second-order valence-electron chi connectivity index (χ2n) is 5.66. The van der Waals surface area contributed by atoms with Crippen LogP contribution in [0.3, 0.4) is 0 Å². The van der Waals surface area contributed by atoms with Gasteiger partial charge in [0.2, 0.25) is 5.91 Å². The minimum absolute atomic E-state index is 0.0220. The number of benzene rings is 1. The summed E-state index contributed by atoms with van der Waals surface area (Å²) in [6.45, 7) is 2.02. The third-order valence-electron chi connectivity index (χ3n) is 3.59. The molecular formula is C18H18N4O5. The van der Waals surface area contributed by atoms with Gasteiger partial charge in [0.05, 0.1) is 12.0 Å². The van der Waals surface area contributed by atoms with Gasteiger partial charge >= 0.3 is 11.9 Å². The Bertz CT molecular complexity index is 854. The Labute approximate surface area is 154 Å². The van der Waals surface area contributed by atoms with Crippen LogP contribution in [-0.4, -0.2) is 43.3 Å². The van der Waals surface area contributed by atoms with Crippen molar-refractivity contribution in [2.24, 2.45) is 11.0 Å². The quantitative estimate of drug-likeness (QED) is 0.697. The van der Waals surface area contributed by atoms with E-state index < -0.39 is 11.9 Å². The number of hydrogen-bond acceptors (Lipinski definition) is 5. The second kappa shape index (κ2) is 9.09. The van der Waals surface area contributed by atoms with Crippen LogP contribution in [-0.2, 0) is 14.4 Å². The van der Waals surface area contributed by atoms with Crippen molar-refractivity contribution in [1.82, 2.24) is 15.0 Å². The third kappa shape index (κ3) is 5.92. The number of amides is 1. The Morgan fingerprint density at radius 2 is 1.81 bits per heavy atom. The highest BCUT2D eigenvalue weighted by Crippen LogP contribution is 2.18. The van der Waals surface area contributed by atoms with Crippen molar-refractivity contribution in [2.45, 2.75) is 13.3 Å². The van der Waals surface area contributed by atoms with Crippen molar-refractivity contribution in [3.63, 3.8) is 0 Å². The lowest BCUT2D eigenvalue weighted by atomic mass is 9.94. The fourth-order valence-corrected chi connectivity index (χ4v) is 2.36. The summed E-state index contributed by atoms with van der Waals surface area (Å²) in [6, 6.07) is 8.07. The Morgan fingerprint density at radius 3 is 2.30 bits per heavy atom. The van der Waals surface area contributed by atoms with E-state index in [2.05, 4.69) is 15.5 Å². The van der Waals surface area contributed by atoms with Crippen LogP contribution in [0.1, 0.15) is 18.9 Å². The molecule has 0 bridgehead atoms. The van der Waals surface area contributed by atoms with Crippen LogP contribution in [0.4, 0.5) is 0 Å². The zero-order chi connectivity index (χ0) is 19.8. The number of carbonyl (C=O) groups excluding carboxylic acids is 1. The maximum absolute atomic E-state index is 11.2. The summed E-state index contributed by atoms with van der Waals surface area (Å²) in [5, 5.41) is 19.8. The highest BCUT2D eigenvalue weighted by molar-refractivity contribution is 6.05. The first-order chi connectivity index (χ1) is 12.9. The lowest BCUT2D eigenvalue weighted by Gasteiger charge is -2.19. The first-order valence-electron chi connectivity index (χ1n) is 7.96. The summed E-state index contributed by atoms with van der Waals surface area (Å²) in [5.74, 6) is -2.39. The van der Waals surface area contributed by atoms with Gasteiger partial charge in [-0.2, -0.15) is 5.10 Å². The number of hydrazone groups is 1. The number of rotatable bonds is 4. The molecule has 0 saturated heterocycles. The molecule has 1 amide bonds. The number of nitrogens with zero attached hydrogens (tertiary/aromatic N) is 3. The van der Waals surface area contributed by atoms with E-state index in [1.54, 1.807) is 12.5 Å². The molecule has 140 valence electrons. The molecule has 3 rings (SSSR count). The van der Waals surface area contributed by atoms with Gasteiger partial charge in [-0.3, -0.25) is 4.79 Å². The van der Waals surface area contributed by atoms with Crippen molar-refractivity contribution in [2.75, 3.05) is 0 Å². The molecule has 0 aliphatic carbocycles. The lowest BCUT2D eigenvalue weighted by molar-refractivity contribution is -0.134. The van der Waals surface area contributed by atoms with Gasteiger partial charge in [-0.1, -0.05) is 19.1 Å². The molecule has 0 spiro atoms. The van der Waals surface area contributed by atoms with Crippen molar-refractivity contribution in [3.05, 3.63) is 60.7 Å². The van der Waals surface area contributed by atoms with Gasteiger partial charge in [0, 0.05) is 42.6 Å². The lowest BCUT2D eigenvalue weighted by Crippen LogP contribution is -2.31. The molecule has 0 fully saturated rings. The standard InChI is InChI=1S/C14H14N4O.C4H4O4/c1-10-8-13(19)16-17-14(10)11-2-4-12(5-3-11)18-7-6-15-9-18;5-3(6)1-2-4(7)8/h2-7,9-10H,8H2,1H3,(H,16,19);1-2H,(H,5,6)(H,7,8)/b;2-1+. The number of aromatic nitrogens is 2. The molecule has 1 aromatic carbocycles. The molecular weight excluding hydrogens is 352 g/mol. The van der Waals surface area contributed by atoms with Crippen molar-refractivity contribution >= 4 is 23.6 Å². The van der Waals surface area contributed by atoms with Crippen LogP contribution >= 0.6 is 0 Å². The summed E-state index contributed by atoms with van der Waals surface area (Å²) in [5.41, 5.74) is 5.55. The first-order valence-corrected chi connectivity index (χ1v) is 7.96. The van der Waals surface area contributed by atoms with Gasteiger partial charge in [-0.15, -0.1) is 0 Å². The summed E-state index contributed by atoms with van der Waals surface area (Å²) >= 11 is 0. The summed E-state index contributed by atoms with van der Waals surface area (Å²) in [6.07, 6.45) is 7.01. The van der Waals surface area contributed by atoms with E-state index >= 15 is 0 Å². The molecule has 9 heteroatoms. The number of carboxylic acid groups (broad SMARTS) is 2. The van der Waals surface area contributed by atoms with Crippen LogP contribution in [0.2, 0.25) is 0 Å². The normalized spacial score (nSPS) is 16.1. The zero-order valence-electron chi connectivity index (χ0n) is 14.4. The molecule has 2 heterocycles. The molecule has 2 aromatic rings. The van der Waals surface area contributed by atoms with E-state index in [1.807, 2.05) is 42.0 Å². The van der Waals surface area contributed by atoms with Crippen molar-refractivity contribution < 1.29 is 24.6 Å². The predicted molar refractivity (Wildman–Crippen MR) is 96.4 cm³/mol. The molecule has 3 N–H and O–H groups in total. The van der Waals surface area contributed by atoms with Crippen LogP contribution in [0, 0.1) is 5.92 Å². The minimum atomic E-state index is -1.26. The molecule has 1 unspecified atom stereocenters. The van der Waals surface area contributed by atoms with Gasteiger partial charge in [0.25, 0.3) is 0 Å². The van der Waals surface area contributed by atoms with Gasteiger partial charge in [0.1, 0.15) is 0 Å². The Balaban J connectivity index is 0.000000279. The van der Waals surface area contributed by atoms with Gasteiger partial charge < -0.3 is 14.8 Å². The average Bonchev–Trinajstić information content (AvgIpc) is 3.15. The number of hydrogen-bond donors (Lipinski definition) is 3. The number of aliphatic carboxylic acids is 2. The van der Waals surface area contributed by atoms with E-state index in [0.29, 0.717) is 18.6 Å². The molecule has 1 aliphatic rings. The van der Waals surface area contributed by atoms with Crippen LogP contribution in [0.25, 0.3) is 5.69 Å². The SMILES string of the molecule is CC1CC(=O)NN=C1c1ccc(-n2ccnc2)cc1.O=C(O)/C=C/C(=O)O. The van der Waals surface area contributed by atoms with E-state index in [-0.39, 0.29) is 11.8 Å². The number of nitrogens with one attached hydrogen (secondary N) is 1. The monoisotopic (exact) mass is 370 g/mol. The highest BCUT2D eigenvalue weighted by Gasteiger charge is 2.21. The van der Waals surface area contributed by atoms with E-state index in [4.69, 9.17) is 10.2 Å². The molecule has 1 atom stereocenters. The van der Waals surface area contributed by atoms with Crippen LogP contribution in [0.15, 0.2) is 60.2 Å². The topological polar surface area (TPSA) is 134 Å². The summed E-state index contributed by atoms with van der Waals surface area (Å²) < 4.78 is 1.94. The van der Waals surface area contributed by atoms with Gasteiger partial charge in [-0.25, -0.2) is 20.0 Å². The largest absolute Gasteiger partial charge is 0.478 e.